The number of benzene rings is 1. The van der Waals surface area contributed by atoms with Gasteiger partial charge in [-0.15, -0.1) is 5.10 Å². The molecule has 92 valence electrons. The number of para-hydroxylation sites is 1. The Morgan fingerprint density at radius 3 is 3.06 bits per heavy atom. The van der Waals surface area contributed by atoms with Gasteiger partial charge in [0.25, 0.3) is 0 Å². The second kappa shape index (κ2) is 4.19. The molecule has 0 amide bonds. The Balaban J connectivity index is 2.05. The third-order valence-electron chi connectivity index (χ3n) is 2.60. The van der Waals surface area contributed by atoms with E-state index in [1.807, 2.05) is 0 Å². The fraction of sp³-hybridized carbons (Fsp3) is 0.182. The number of hydrogen-bond acceptors (Lipinski definition) is 4. The molecule has 0 unspecified atom stereocenters. The summed E-state index contributed by atoms with van der Waals surface area (Å²) in [5, 5.41) is 7.88. The van der Waals surface area contributed by atoms with E-state index in [1.54, 1.807) is 23.0 Å². The van der Waals surface area contributed by atoms with Crippen molar-refractivity contribution in [2.75, 3.05) is 6.54 Å². The molecule has 0 bridgehead atoms. The zero-order chi connectivity index (χ0) is 12.5. The SMILES string of the molecule is NCCn1cc(-c2nc3c(F)cccc3[nH]2)nn1. The maximum absolute atomic E-state index is 13.5. The van der Waals surface area contributed by atoms with Crippen LogP contribution in [0.5, 0.6) is 0 Å². The van der Waals surface area contributed by atoms with Crippen LogP contribution in [-0.2, 0) is 6.54 Å². The summed E-state index contributed by atoms with van der Waals surface area (Å²) >= 11 is 0. The van der Waals surface area contributed by atoms with Crippen molar-refractivity contribution < 1.29 is 4.39 Å². The summed E-state index contributed by atoms with van der Waals surface area (Å²) in [7, 11) is 0. The number of nitrogens with two attached hydrogens (primary N) is 1. The van der Waals surface area contributed by atoms with Gasteiger partial charge in [0.05, 0.1) is 18.3 Å². The number of fused-ring (bicyclic) bond motifs is 1. The molecule has 0 spiro atoms. The molecule has 0 aliphatic rings. The third-order valence-corrected chi connectivity index (χ3v) is 2.60. The minimum atomic E-state index is -0.357. The number of nitrogens with one attached hydrogen (secondary N) is 1. The molecule has 3 rings (SSSR count). The van der Waals surface area contributed by atoms with Crippen LogP contribution >= 0.6 is 0 Å². The van der Waals surface area contributed by atoms with Crippen molar-refractivity contribution in [3.63, 3.8) is 0 Å². The molecule has 0 saturated heterocycles. The Bertz CT molecular complexity index is 686. The highest BCUT2D eigenvalue weighted by atomic mass is 19.1. The average molecular weight is 246 g/mol. The highest BCUT2D eigenvalue weighted by Gasteiger charge is 2.11. The van der Waals surface area contributed by atoms with Crippen LogP contribution in [-0.4, -0.2) is 31.5 Å². The number of rotatable bonds is 3. The van der Waals surface area contributed by atoms with Gasteiger partial charge in [-0.1, -0.05) is 11.3 Å². The van der Waals surface area contributed by atoms with E-state index in [0.717, 1.165) is 0 Å². The van der Waals surface area contributed by atoms with Gasteiger partial charge >= 0.3 is 0 Å². The molecule has 2 aromatic heterocycles. The maximum Gasteiger partial charge on any atom is 0.160 e. The number of nitrogens with zero attached hydrogens (tertiary/aromatic N) is 4. The van der Waals surface area contributed by atoms with Crippen LogP contribution < -0.4 is 5.73 Å². The Kier molecular flexibility index (Phi) is 2.52. The van der Waals surface area contributed by atoms with Crippen LogP contribution in [0.3, 0.4) is 0 Å². The molecule has 7 heteroatoms. The van der Waals surface area contributed by atoms with Crippen LogP contribution in [0.15, 0.2) is 24.4 Å². The number of halogens is 1. The lowest BCUT2D eigenvalue weighted by atomic mass is 10.3. The van der Waals surface area contributed by atoms with Gasteiger partial charge < -0.3 is 10.7 Å². The molecule has 0 aliphatic heterocycles. The fourth-order valence-electron chi connectivity index (χ4n) is 1.77. The summed E-state index contributed by atoms with van der Waals surface area (Å²) in [5.41, 5.74) is 6.94. The lowest BCUT2D eigenvalue weighted by molar-refractivity contribution is 0.598. The van der Waals surface area contributed by atoms with E-state index in [9.17, 15) is 4.39 Å². The van der Waals surface area contributed by atoms with E-state index in [-0.39, 0.29) is 5.82 Å². The summed E-state index contributed by atoms with van der Waals surface area (Å²) < 4.78 is 15.1. The smallest absolute Gasteiger partial charge is 0.160 e. The Hall–Kier alpha value is -2.28. The number of H-pyrrole nitrogens is 1. The molecule has 0 fully saturated rings. The minimum Gasteiger partial charge on any atom is -0.336 e. The standard InChI is InChI=1S/C11H11FN6/c12-7-2-1-3-8-10(7)15-11(14-8)9-6-18(5-4-13)17-16-9/h1-3,6H,4-5,13H2,(H,14,15). The minimum absolute atomic E-state index is 0.306. The van der Waals surface area contributed by atoms with Crippen molar-refractivity contribution in [3.8, 4) is 11.5 Å². The van der Waals surface area contributed by atoms with Gasteiger partial charge in [0, 0.05) is 6.54 Å². The summed E-state index contributed by atoms with van der Waals surface area (Å²) in [4.78, 5) is 7.19. The predicted molar refractivity (Wildman–Crippen MR) is 64.1 cm³/mol. The second-order valence-corrected chi connectivity index (χ2v) is 3.88. The molecule has 0 aliphatic carbocycles. The lowest BCUT2D eigenvalue weighted by Gasteiger charge is -1.92. The zero-order valence-corrected chi connectivity index (χ0v) is 9.47. The van der Waals surface area contributed by atoms with E-state index in [4.69, 9.17) is 5.73 Å². The first kappa shape index (κ1) is 10.8. The molecule has 0 saturated carbocycles. The average Bonchev–Trinajstić information content (AvgIpc) is 2.96. The van der Waals surface area contributed by atoms with Crippen LogP contribution in [0, 0.1) is 5.82 Å². The summed E-state index contributed by atoms with van der Waals surface area (Å²) in [6, 6.07) is 4.77. The van der Waals surface area contributed by atoms with E-state index >= 15 is 0 Å². The van der Waals surface area contributed by atoms with Crippen LogP contribution in [0.1, 0.15) is 0 Å². The molecule has 0 atom stereocenters. The summed E-state index contributed by atoms with van der Waals surface area (Å²) in [6.07, 6.45) is 1.72. The zero-order valence-electron chi connectivity index (χ0n) is 9.47. The van der Waals surface area contributed by atoms with Gasteiger partial charge in [0.15, 0.2) is 11.6 Å². The van der Waals surface area contributed by atoms with Gasteiger partial charge in [-0.3, -0.25) is 4.68 Å². The number of aromatic nitrogens is 5. The van der Waals surface area contributed by atoms with Crippen LogP contribution in [0.4, 0.5) is 4.39 Å². The molecule has 1 aromatic carbocycles. The molecule has 2 heterocycles. The monoisotopic (exact) mass is 246 g/mol. The first-order chi connectivity index (χ1) is 8.78. The first-order valence-electron chi connectivity index (χ1n) is 5.53. The van der Waals surface area contributed by atoms with Crippen LogP contribution in [0.25, 0.3) is 22.6 Å². The van der Waals surface area contributed by atoms with Crippen molar-refractivity contribution in [2.24, 2.45) is 5.73 Å². The van der Waals surface area contributed by atoms with Crippen molar-refractivity contribution in [2.45, 2.75) is 6.54 Å². The molecule has 18 heavy (non-hydrogen) atoms. The number of hydrogen-bond donors (Lipinski definition) is 2. The number of imidazole rings is 1. The van der Waals surface area contributed by atoms with Crippen molar-refractivity contribution in [3.05, 3.63) is 30.2 Å². The van der Waals surface area contributed by atoms with Gasteiger partial charge in [0.1, 0.15) is 11.2 Å². The Morgan fingerprint density at radius 1 is 1.39 bits per heavy atom. The normalized spacial score (nSPS) is 11.2. The topological polar surface area (TPSA) is 85.4 Å². The first-order valence-corrected chi connectivity index (χ1v) is 5.53. The second-order valence-electron chi connectivity index (χ2n) is 3.88. The highest BCUT2D eigenvalue weighted by molar-refractivity contribution is 5.79. The molecular formula is C11H11FN6. The lowest BCUT2D eigenvalue weighted by Crippen LogP contribution is -2.10. The third kappa shape index (κ3) is 1.74. The fourth-order valence-corrected chi connectivity index (χ4v) is 1.77. The van der Waals surface area contributed by atoms with E-state index < -0.39 is 0 Å². The van der Waals surface area contributed by atoms with E-state index in [0.29, 0.717) is 35.6 Å². The van der Waals surface area contributed by atoms with Crippen molar-refractivity contribution in [1.29, 1.82) is 0 Å². The molecule has 0 radical (unpaired) electrons. The quantitative estimate of drug-likeness (QED) is 0.719. The molecular weight excluding hydrogens is 235 g/mol. The number of aromatic amines is 1. The van der Waals surface area contributed by atoms with Gasteiger partial charge in [-0.05, 0) is 12.1 Å². The highest BCUT2D eigenvalue weighted by Crippen LogP contribution is 2.20. The van der Waals surface area contributed by atoms with Gasteiger partial charge in [0.2, 0.25) is 0 Å². The summed E-state index contributed by atoms with van der Waals surface area (Å²) in [6.45, 7) is 1.07. The van der Waals surface area contributed by atoms with Crippen molar-refractivity contribution in [1.82, 2.24) is 25.0 Å². The molecule has 6 nitrogen and oxygen atoms in total. The van der Waals surface area contributed by atoms with Gasteiger partial charge in [-0.25, -0.2) is 9.37 Å². The molecule has 3 aromatic rings. The molecule has 3 N–H and O–H groups in total. The van der Waals surface area contributed by atoms with E-state index in [1.165, 1.54) is 6.07 Å². The van der Waals surface area contributed by atoms with Crippen LogP contribution in [0.2, 0.25) is 0 Å². The largest absolute Gasteiger partial charge is 0.336 e. The Morgan fingerprint density at radius 2 is 2.28 bits per heavy atom. The maximum atomic E-state index is 13.5. The van der Waals surface area contributed by atoms with Gasteiger partial charge in [-0.2, -0.15) is 0 Å². The summed E-state index contributed by atoms with van der Waals surface area (Å²) in [5.74, 6) is 0.141. The Labute approximate surface area is 102 Å². The predicted octanol–water partition coefficient (Wildman–Crippen LogP) is 0.919. The van der Waals surface area contributed by atoms with Crippen molar-refractivity contribution >= 4 is 11.0 Å². The van der Waals surface area contributed by atoms with E-state index in [2.05, 4.69) is 20.3 Å².